The summed E-state index contributed by atoms with van der Waals surface area (Å²) in [6, 6.07) is 13.5. The first-order chi connectivity index (χ1) is 18.1. The van der Waals surface area contributed by atoms with Crippen LogP contribution in [-0.4, -0.2) is 52.5 Å². The molecule has 0 aromatic heterocycles. The van der Waals surface area contributed by atoms with Crippen LogP contribution in [0.4, 0.5) is 8.78 Å². The summed E-state index contributed by atoms with van der Waals surface area (Å²) in [6.45, 7) is 1.87. The van der Waals surface area contributed by atoms with Gasteiger partial charge in [0, 0.05) is 66.9 Å². The first kappa shape index (κ1) is 28.2. The summed E-state index contributed by atoms with van der Waals surface area (Å²) in [4.78, 5) is 17.7. The summed E-state index contributed by atoms with van der Waals surface area (Å²) in [5.41, 5.74) is 3.01. The van der Waals surface area contributed by atoms with Crippen molar-refractivity contribution in [2.24, 2.45) is 4.99 Å². The van der Waals surface area contributed by atoms with Crippen molar-refractivity contribution in [1.29, 1.82) is 0 Å². The molecule has 200 valence electrons. The Bertz CT molecular complexity index is 1350. The summed E-state index contributed by atoms with van der Waals surface area (Å²) in [6.07, 6.45) is 1.44. The number of hydrogen-bond acceptors (Lipinski definition) is 4. The molecule has 0 saturated carbocycles. The largest absolute Gasteiger partial charge is 0.478 e. The van der Waals surface area contributed by atoms with Gasteiger partial charge >= 0.3 is 5.97 Å². The monoisotopic (exact) mass is 560 g/mol. The molecule has 0 unspecified atom stereocenters. The van der Waals surface area contributed by atoms with Gasteiger partial charge in [0.1, 0.15) is 11.6 Å². The number of carboxylic acid groups (broad SMARTS) is 1. The van der Waals surface area contributed by atoms with Gasteiger partial charge in [-0.2, -0.15) is 0 Å². The molecule has 5 nitrogen and oxygen atoms in total. The summed E-state index contributed by atoms with van der Waals surface area (Å²) in [7, 11) is 1.67. The van der Waals surface area contributed by atoms with Crippen LogP contribution in [0.5, 0.6) is 0 Å². The summed E-state index contributed by atoms with van der Waals surface area (Å²) < 4.78 is 27.8. The molecule has 0 radical (unpaired) electrons. The number of aromatic carboxylic acids is 1. The lowest BCUT2D eigenvalue weighted by Gasteiger charge is -2.38. The minimum absolute atomic E-state index is 0.117. The molecule has 0 spiro atoms. The Morgan fingerprint density at radius 2 is 1.71 bits per heavy atom. The van der Waals surface area contributed by atoms with Crippen molar-refractivity contribution < 1.29 is 23.8 Å². The lowest BCUT2D eigenvalue weighted by atomic mass is 9.84. The van der Waals surface area contributed by atoms with Crippen LogP contribution in [-0.2, 0) is 12.4 Å². The van der Waals surface area contributed by atoms with Crippen LogP contribution in [0.3, 0.4) is 0 Å². The number of rotatable bonds is 8. The maximum atomic E-state index is 14.4. The van der Waals surface area contributed by atoms with Gasteiger partial charge in [-0.3, -0.25) is 9.89 Å². The van der Waals surface area contributed by atoms with Crippen molar-refractivity contribution in [1.82, 2.24) is 4.90 Å². The Labute approximate surface area is 230 Å². The zero-order valence-electron chi connectivity index (χ0n) is 20.9. The third-order valence-electron chi connectivity index (χ3n) is 7.00. The number of piperidine rings is 1. The Morgan fingerprint density at radius 1 is 1.05 bits per heavy atom. The number of carbonyl (C=O) groups is 1. The highest BCUT2D eigenvalue weighted by Gasteiger charge is 2.34. The molecule has 3 aromatic rings. The molecule has 0 aliphatic carbocycles. The smallest absolute Gasteiger partial charge is 0.335 e. The van der Waals surface area contributed by atoms with Gasteiger partial charge in [0.2, 0.25) is 0 Å². The van der Waals surface area contributed by atoms with Crippen molar-refractivity contribution in [3.8, 4) is 11.1 Å². The molecule has 1 aliphatic rings. The van der Waals surface area contributed by atoms with E-state index >= 15 is 0 Å². The third kappa shape index (κ3) is 6.41. The molecule has 0 bridgehead atoms. The predicted octanol–water partition coefficient (Wildman–Crippen LogP) is 6.56. The van der Waals surface area contributed by atoms with Crippen LogP contribution >= 0.6 is 23.2 Å². The molecular weight excluding hydrogens is 533 g/mol. The molecule has 1 heterocycles. The first-order valence-corrected chi connectivity index (χ1v) is 13.1. The van der Waals surface area contributed by atoms with Gasteiger partial charge in [0.25, 0.3) is 0 Å². The van der Waals surface area contributed by atoms with Gasteiger partial charge in [-0.1, -0.05) is 29.8 Å². The van der Waals surface area contributed by atoms with Gasteiger partial charge in [0.05, 0.1) is 11.2 Å². The topological polar surface area (TPSA) is 73.1 Å². The van der Waals surface area contributed by atoms with E-state index in [4.69, 9.17) is 28.3 Å². The number of aliphatic hydroxyl groups is 1. The highest BCUT2D eigenvalue weighted by Crippen LogP contribution is 2.36. The molecular formula is C29H28Cl2F2N2O3. The Morgan fingerprint density at radius 3 is 2.29 bits per heavy atom. The number of likely N-dealkylation sites (tertiary alicyclic amines) is 1. The lowest BCUT2D eigenvalue weighted by Crippen LogP contribution is -2.45. The number of alkyl halides is 1. The van der Waals surface area contributed by atoms with E-state index < -0.39 is 23.2 Å². The minimum atomic E-state index is -0.991. The van der Waals surface area contributed by atoms with Crippen molar-refractivity contribution >= 4 is 34.9 Å². The van der Waals surface area contributed by atoms with E-state index in [1.54, 1.807) is 25.2 Å². The normalized spacial score (nSPS) is 16.0. The first-order valence-electron chi connectivity index (χ1n) is 12.2. The number of halogens is 4. The number of benzene rings is 3. The fourth-order valence-corrected chi connectivity index (χ4v) is 5.48. The van der Waals surface area contributed by atoms with Crippen molar-refractivity contribution in [3.05, 3.63) is 93.5 Å². The average molecular weight is 561 g/mol. The van der Waals surface area contributed by atoms with E-state index in [9.17, 15) is 18.7 Å². The van der Waals surface area contributed by atoms with Crippen LogP contribution < -0.4 is 0 Å². The average Bonchev–Trinajstić information content (AvgIpc) is 2.89. The number of nitrogens with zero attached hydrogens (tertiary/aromatic N) is 2. The van der Waals surface area contributed by atoms with Crippen molar-refractivity contribution in [2.45, 2.75) is 37.3 Å². The van der Waals surface area contributed by atoms with E-state index in [2.05, 4.69) is 9.89 Å². The highest BCUT2D eigenvalue weighted by atomic mass is 35.5. The van der Waals surface area contributed by atoms with Crippen LogP contribution in [0.15, 0.2) is 59.6 Å². The van der Waals surface area contributed by atoms with Crippen LogP contribution in [0.25, 0.3) is 11.1 Å². The maximum absolute atomic E-state index is 14.4. The quantitative estimate of drug-likeness (QED) is 0.242. The second kappa shape index (κ2) is 11.9. The fraction of sp³-hybridized carbons (Fsp3) is 0.310. The van der Waals surface area contributed by atoms with E-state index in [-0.39, 0.29) is 17.0 Å². The minimum Gasteiger partial charge on any atom is -0.478 e. The Kier molecular flexibility index (Phi) is 8.83. The van der Waals surface area contributed by atoms with Crippen molar-refractivity contribution in [3.63, 3.8) is 0 Å². The van der Waals surface area contributed by atoms with Gasteiger partial charge in [-0.15, -0.1) is 11.6 Å². The van der Waals surface area contributed by atoms with Crippen LogP contribution in [0.2, 0.25) is 5.02 Å². The third-order valence-corrected chi connectivity index (χ3v) is 7.59. The van der Waals surface area contributed by atoms with Gasteiger partial charge < -0.3 is 10.2 Å². The molecule has 4 rings (SSSR count). The molecule has 38 heavy (non-hydrogen) atoms. The SMILES string of the molecule is CN=C(CC1(O)CCN(Cc2cc(Cl)c(-c3ccc(F)cc3F)c(CCl)c2)CC1)c1ccc(C(=O)O)cc1. The number of carboxylic acids is 1. The van der Waals surface area contributed by atoms with Gasteiger partial charge in [0.15, 0.2) is 0 Å². The second-order valence-electron chi connectivity index (χ2n) is 9.60. The Hall–Kier alpha value is -2.84. The zero-order chi connectivity index (χ0) is 27.4. The van der Waals surface area contributed by atoms with E-state index in [1.807, 2.05) is 6.07 Å². The Balaban J connectivity index is 1.43. The molecule has 0 atom stereocenters. The second-order valence-corrected chi connectivity index (χ2v) is 10.3. The van der Waals surface area contributed by atoms with E-state index in [1.165, 1.54) is 24.3 Å². The predicted molar refractivity (Wildman–Crippen MR) is 146 cm³/mol. The fourth-order valence-electron chi connectivity index (χ4n) is 4.91. The van der Waals surface area contributed by atoms with Gasteiger partial charge in [-0.05, 0) is 59.9 Å². The molecule has 0 amide bonds. The molecule has 1 aliphatic heterocycles. The standard InChI is InChI=1S/C29H28Cl2F2N2O3/c1-34-26(19-2-4-20(5-3-19)28(36)37)15-29(38)8-10-35(11-9-29)17-18-12-21(16-30)27(24(31)13-18)23-7-6-22(32)14-25(23)33/h2-7,12-14,38H,8-11,15-17H2,1H3,(H,36,37). The van der Waals surface area contributed by atoms with Crippen LogP contribution in [0, 0.1) is 11.6 Å². The molecule has 1 fully saturated rings. The van der Waals surface area contributed by atoms with E-state index in [0.717, 1.165) is 22.9 Å². The van der Waals surface area contributed by atoms with Crippen molar-refractivity contribution in [2.75, 3.05) is 20.1 Å². The van der Waals surface area contributed by atoms with Crippen LogP contribution in [0.1, 0.15) is 46.3 Å². The number of aliphatic imine (C=N–C) groups is 1. The molecule has 2 N–H and O–H groups in total. The molecule has 1 saturated heterocycles. The summed E-state index contributed by atoms with van der Waals surface area (Å²) >= 11 is 12.7. The summed E-state index contributed by atoms with van der Waals surface area (Å²) in [5, 5.41) is 20.8. The lowest BCUT2D eigenvalue weighted by molar-refractivity contribution is -0.0168. The molecule has 3 aromatic carbocycles. The van der Waals surface area contributed by atoms with Gasteiger partial charge in [-0.25, -0.2) is 13.6 Å². The summed E-state index contributed by atoms with van der Waals surface area (Å²) in [5.74, 6) is -2.24. The maximum Gasteiger partial charge on any atom is 0.335 e. The molecule has 9 heteroatoms. The zero-order valence-corrected chi connectivity index (χ0v) is 22.4. The van der Waals surface area contributed by atoms with E-state index in [0.29, 0.717) is 55.0 Å². The number of hydrogen-bond donors (Lipinski definition) is 2. The highest BCUT2D eigenvalue weighted by molar-refractivity contribution is 6.33.